The number of urea groups is 1. The largest absolute Gasteiger partial charge is 0.465 e. The molecule has 2 atom stereocenters. The van der Waals surface area contributed by atoms with Gasteiger partial charge in [-0.05, 0) is 38.0 Å². The number of nitrogens with one attached hydrogen (secondary N) is 1. The Morgan fingerprint density at radius 3 is 2.39 bits per heavy atom. The zero-order valence-corrected chi connectivity index (χ0v) is 13.9. The maximum atomic E-state index is 12.2. The van der Waals surface area contributed by atoms with Crippen LogP contribution in [-0.4, -0.2) is 55.9 Å². The van der Waals surface area contributed by atoms with Crippen molar-refractivity contribution < 1.29 is 19.1 Å². The molecule has 0 unspecified atom stereocenters. The SMILES string of the molecule is COC(=O)c1ccc(CCNC(=O)N2C[C@@H](C)O[C@@H](C)C2)cc1. The quantitative estimate of drug-likeness (QED) is 0.860. The first kappa shape index (κ1) is 17.3. The molecule has 1 aromatic carbocycles. The summed E-state index contributed by atoms with van der Waals surface area (Å²) < 4.78 is 10.3. The lowest BCUT2D eigenvalue weighted by Gasteiger charge is -2.35. The van der Waals surface area contributed by atoms with E-state index in [1.165, 1.54) is 7.11 Å². The van der Waals surface area contributed by atoms with E-state index in [0.717, 1.165) is 5.56 Å². The third kappa shape index (κ3) is 4.96. The molecule has 1 saturated heterocycles. The predicted molar refractivity (Wildman–Crippen MR) is 86.5 cm³/mol. The van der Waals surface area contributed by atoms with Crippen molar-refractivity contribution in [2.75, 3.05) is 26.7 Å². The van der Waals surface area contributed by atoms with Gasteiger partial charge in [0.2, 0.25) is 0 Å². The fraction of sp³-hybridized carbons (Fsp3) is 0.529. The second kappa shape index (κ2) is 7.97. The Labute approximate surface area is 136 Å². The first-order valence-electron chi connectivity index (χ1n) is 7.85. The van der Waals surface area contributed by atoms with Gasteiger partial charge in [-0.25, -0.2) is 9.59 Å². The van der Waals surface area contributed by atoms with Gasteiger partial charge in [-0.15, -0.1) is 0 Å². The standard InChI is InChI=1S/C17H24N2O4/c1-12-10-19(11-13(2)23-12)17(21)18-9-8-14-4-6-15(7-5-14)16(20)22-3/h4-7,12-13H,8-11H2,1-3H3,(H,18,21)/t12-,13+. The van der Waals surface area contributed by atoms with Gasteiger partial charge in [-0.3, -0.25) is 0 Å². The Morgan fingerprint density at radius 2 is 1.83 bits per heavy atom. The van der Waals surface area contributed by atoms with Gasteiger partial charge in [0, 0.05) is 19.6 Å². The van der Waals surface area contributed by atoms with Crippen molar-refractivity contribution in [3.63, 3.8) is 0 Å². The van der Waals surface area contributed by atoms with Crippen molar-refractivity contribution in [3.05, 3.63) is 35.4 Å². The summed E-state index contributed by atoms with van der Waals surface area (Å²) in [5, 5.41) is 2.93. The highest BCUT2D eigenvalue weighted by atomic mass is 16.5. The zero-order valence-electron chi connectivity index (χ0n) is 13.9. The number of rotatable bonds is 4. The Balaban J connectivity index is 1.78. The lowest BCUT2D eigenvalue weighted by molar-refractivity contribution is -0.0544. The van der Waals surface area contributed by atoms with Gasteiger partial charge in [-0.1, -0.05) is 12.1 Å². The predicted octanol–water partition coefficient (Wildman–Crippen LogP) is 1.83. The number of carbonyl (C=O) groups is 2. The second-order valence-corrected chi connectivity index (χ2v) is 5.83. The number of morpholine rings is 1. The molecule has 1 fully saturated rings. The number of nitrogens with zero attached hydrogens (tertiary/aromatic N) is 1. The third-order valence-electron chi connectivity index (χ3n) is 3.77. The first-order chi connectivity index (χ1) is 11.0. The molecule has 2 rings (SSSR count). The van der Waals surface area contributed by atoms with Crippen LogP contribution in [0.3, 0.4) is 0 Å². The van der Waals surface area contributed by atoms with E-state index in [0.29, 0.717) is 31.6 Å². The number of hydrogen-bond acceptors (Lipinski definition) is 4. The van der Waals surface area contributed by atoms with E-state index in [4.69, 9.17) is 4.74 Å². The minimum atomic E-state index is -0.347. The fourth-order valence-corrected chi connectivity index (χ4v) is 2.69. The normalized spacial score (nSPS) is 20.9. The third-order valence-corrected chi connectivity index (χ3v) is 3.77. The van der Waals surface area contributed by atoms with Crippen molar-refractivity contribution in [2.45, 2.75) is 32.5 Å². The van der Waals surface area contributed by atoms with Gasteiger partial charge in [0.05, 0.1) is 24.9 Å². The summed E-state index contributed by atoms with van der Waals surface area (Å²) in [4.78, 5) is 25.3. The van der Waals surface area contributed by atoms with Crippen LogP contribution in [0.25, 0.3) is 0 Å². The summed E-state index contributed by atoms with van der Waals surface area (Å²) in [6, 6.07) is 7.15. The molecule has 6 heteroatoms. The fourth-order valence-electron chi connectivity index (χ4n) is 2.69. The van der Waals surface area contributed by atoms with Crippen molar-refractivity contribution in [2.24, 2.45) is 0 Å². The van der Waals surface area contributed by atoms with Gasteiger partial charge in [0.15, 0.2) is 0 Å². The molecule has 0 saturated carbocycles. The monoisotopic (exact) mass is 320 g/mol. The second-order valence-electron chi connectivity index (χ2n) is 5.83. The minimum absolute atomic E-state index is 0.0572. The van der Waals surface area contributed by atoms with Crippen LogP contribution < -0.4 is 5.32 Å². The molecular formula is C17H24N2O4. The smallest absolute Gasteiger partial charge is 0.337 e. The highest BCUT2D eigenvalue weighted by Gasteiger charge is 2.25. The zero-order chi connectivity index (χ0) is 16.8. The van der Waals surface area contributed by atoms with Crippen LogP contribution >= 0.6 is 0 Å². The molecule has 2 amide bonds. The molecule has 6 nitrogen and oxygen atoms in total. The number of carbonyl (C=O) groups excluding carboxylic acids is 2. The molecule has 0 radical (unpaired) electrons. The van der Waals surface area contributed by atoms with Crippen molar-refractivity contribution in [3.8, 4) is 0 Å². The molecule has 1 aliphatic rings. The highest BCUT2D eigenvalue weighted by molar-refractivity contribution is 5.89. The number of amides is 2. The molecule has 23 heavy (non-hydrogen) atoms. The molecule has 126 valence electrons. The summed E-state index contributed by atoms with van der Waals surface area (Å²) in [6.07, 6.45) is 0.841. The molecular weight excluding hydrogens is 296 g/mol. The molecule has 0 aromatic heterocycles. The summed E-state index contributed by atoms with van der Waals surface area (Å²) >= 11 is 0. The Kier molecular flexibility index (Phi) is 5.98. The Morgan fingerprint density at radius 1 is 1.22 bits per heavy atom. The van der Waals surface area contributed by atoms with E-state index < -0.39 is 0 Å². The van der Waals surface area contributed by atoms with Crippen LogP contribution in [-0.2, 0) is 15.9 Å². The van der Waals surface area contributed by atoms with Gasteiger partial charge in [0.1, 0.15) is 0 Å². The van der Waals surface area contributed by atoms with Crippen LogP contribution in [0.1, 0.15) is 29.8 Å². The minimum Gasteiger partial charge on any atom is -0.465 e. The molecule has 0 bridgehead atoms. The van der Waals surface area contributed by atoms with E-state index in [9.17, 15) is 9.59 Å². The van der Waals surface area contributed by atoms with E-state index in [1.807, 2.05) is 26.0 Å². The topological polar surface area (TPSA) is 67.9 Å². The number of hydrogen-bond donors (Lipinski definition) is 1. The van der Waals surface area contributed by atoms with Crippen LogP contribution in [0.2, 0.25) is 0 Å². The Bertz CT molecular complexity index is 534. The summed E-state index contributed by atoms with van der Waals surface area (Å²) in [5.74, 6) is -0.347. The average Bonchev–Trinajstić information content (AvgIpc) is 2.53. The molecule has 1 heterocycles. The van der Waals surface area contributed by atoms with Crippen molar-refractivity contribution in [1.29, 1.82) is 0 Å². The van der Waals surface area contributed by atoms with E-state index >= 15 is 0 Å². The van der Waals surface area contributed by atoms with Gasteiger partial charge >= 0.3 is 12.0 Å². The van der Waals surface area contributed by atoms with E-state index in [2.05, 4.69) is 10.1 Å². The van der Waals surface area contributed by atoms with E-state index in [1.54, 1.807) is 17.0 Å². The number of ether oxygens (including phenoxy) is 2. The van der Waals surface area contributed by atoms with Crippen LogP contribution in [0.4, 0.5) is 4.79 Å². The molecule has 0 spiro atoms. The molecule has 0 aliphatic carbocycles. The van der Waals surface area contributed by atoms with E-state index in [-0.39, 0.29) is 24.2 Å². The maximum absolute atomic E-state index is 12.2. The van der Waals surface area contributed by atoms with Crippen LogP contribution in [0.5, 0.6) is 0 Å². The lowest BCUT2D eigenvalue weighted by Crippen LogP contribution is -2.51. The maximum Gasteiger partial charge on any atom is 0.337 e. The van der Waals surface area contributed by atoms with Gasteiger partial charge < -0.3 is 19.7 Å². The highest BCUT2D eigenvalue weighted by Crippen LogP contribution is 2.10. The summed E-state index contributed by atoms with van der Waals surface area (Å²) in [7, 11) is 1.36. The molecule has 1 N–H and O–H groups in total. The summed E-state index contributed by atoms with van der Waals surface area (Å²) in [5.41, 5.74) is 1.58. The van der Waals surface area contributed by atoms with Crippen LogP contribution in [0.15, 0.2) is 24.3 Å². The lowest BCUT2D eigenvalue weighted by atomic mass is 10.1. The number of esters is 1. The van der Waals surface area contributed by atoms with Crippen LogP contribution in [0, 0.1) is 0 Å². The van der Waals surface area contributed by atoms with Gasteiger partial charge in [-0.2, -0.15) is 0 Å². The molecule has 1 aliphatic heterocycles. The first-order valence-corrected chi connectivity index (χ1v) is 7.85. The number of methoxy groups -OCH3 is 1. The Hall–Kier alpha value is -2.08. The van der Waals surface area contributed by atoms with Crippen molar-refractivity contribution >= 4 is 12.0 Å². The summed E-state index contributed by atoms with van der Waals surface area (Å²) in [6.45, 7) is 5.72. The number of benzene rings is 1. The van der Waals surface area contributed by atoms with Gasteiger partial charge in [0.25, 0.3) is 0 Å². The molecule has 1 aromatic rings. The van der Waals surface area contributed by atoms with Crippen molar-refractivity contribution in [1.82, 2.24) is 10.2 Å². The average molecular weight is 320 g/mol.